The lowest BCUT2D eigenvalue weighted by Crippen LogP contribution is -2.54. The third-order valence-electron chi connectivity index (χ3n) is 12.2. The molecule has 2 aromatic heterocycles. The molecule has 3 heterocycles. The minimum Gasteiger partial charge on any atom is -0.496 e. The first-order chi connectivity index (χ1) is 23.6. The van der Waals surface area contributed by atoms with Gasteiger partial charge in [-0.25, -0.2) is 4.79 Å². The Morgan fingerprint density at radius 3 is 2.29 bits per heavy atom. The number of likely N-dealkylation sites (tertiary alicyclic amines) is 1. The Morgan fingerprint density at radius 2 is 1.67 bits per heavy atom. The third-order valence-corrected chi connectivity index (χ3v) is 12.2. The lowest BCUT2D eigenvalue weighted by atomic mass is 9.49. The molecule has 2 N–H and O–H groups in total. The van der Waals surface area contributed by atoms with Gasteiger partial charge >= 0.3 is 6.09 Å². The van der Waals surface area contributed by atoms with Crippen LogP contribution in [0.3, 0.4) is 0 Å². The van der Waals surface area contributed by atoms with E-state index in [1.54, 1.807) is 7.11 Å². The van der Waals surface area contributed by atoms with Gasteiger partial charge in [0, 0.05) is 41.7 Å². The minimum absolute atomic E-state index is 0.0597. The van der Waals surface area contributed by atoms with Crippen molar-refractivity contribution >= 4 is 12.0 Å². The van der Waals surface area contributed by atoms with Crippen LogP contribution in [0.15, 0.2) is 49.1 Å². The molecule has 10 nitrogen and oxygen atoms in total. The molecule has 5 aliphatic rings. The molecule has 3 aromatic rings. The molecule has 1 saturated heterocycles. The molecule has 1 atom stereocenters. The molecule has 4 saturated carbocycles. The Balaban J connectivity index is 1.10. The average Bonchev–Trinajstić information content (AvgIpc) is 3.61. The Labute approximate surface area is 289 Å². The number of aryl methyl sites for hydroxylation is 1. The Morgan fingerprint density at radius 1 is 0.959 bits per heavy atom. The average molecular weight is 670 g/mol. The number of aliphatic hydroxyl groups excluding tert-OH is 1. The molecule has 10 heteroatoms. The summed E-state index contributed by atoms with van der Waals surface area (Å²) in [5.74, 6) is 0.883. The van der Waals surface area contributed by atoms with E-state index in [1.165, 1.54) is 16.0 Å². The molecule has 5 fully saturated rings. The number of pyridine rings is 1. The fourth-order valence-corrected chi connectivity index (χ4v) is 8.95. The largest absolute Gasteiger partial charge is 0.496 e. The molecule has 4 aliphatic carbocycles. The zero-order chi connectivity index (χ0) is 34.3. The highest BCUT2D eigenvalue weighted by Crippen LogP contribution is 2.62. The first-order valence-corrected chi connectivity index (χ1v) is 18.2. The monoisotopic (exact) mass is 669 g/mol. The highest BCUT2D eigenvalue weighted by Gasteiger charge is 2.53. The van der Waals surface area contributed by atoms with Crippen molar-refractivity contribution in [1.29, 1.82) is 0 Å². The lowest BCUT2D eigenvalue weighted by Gasteiger charge is -2.57. The maximum absolute atomic E-state index is 14.1. The highest BCUT2D eigenvalue weighted by atomic mass is 16.6. The number of hydrogen-bond acceptors (Lipinski definition) is 7. The number of carbonyl (C=O) groups is 2. The summed E-state index contributed by atoms with van der Waals surface area (Å²) in [5, 5.41) is 17.7. The zero-order valence-corrected chi connectivity index (χ0v) is 29.4. The van der Waals surface area contributed by atoms with Gasteiger partial charge in [-0.2, -0.15) is 5.10 Å². The number of methoxy groups -OCH3 is 1. The van der Waals surface area contributed by atoms with Crippen LogP contribution in [-0.2, 0) is 14.9 Å². The van der Waals surface area contributed by atoms with Crippen LogP contribution in [0.2, 0.25) is 0 Å². The normalized spacial score (nSPS) is 27.4. The van der Waals surface area contributed by atoms with Crippen LogP contribution in [-0.4, -0.2) is 69.2 Å². The SMILES string of the molecule is COc1ccc(C23CCC(C(NC(=O)C4CCC(OC(=O)N5CC(O)C5)CC4)c4cncc(-c5cnn(C(C)C)c5)c4)(CC2)CC3)cc1C. The van der Waals surface area contributed by atoms with E-state index in [9.17, 15) is 14.7 Å². The van der Waals surface area contributed by atoms with E-state index in [0.717, 1.165) is 61.0 Å². The molecule has 49 heavy (non-hydrogen) atoms. The summed E-state index contributed by atoms with van der Waals surface area (Å²) < 4.78 is 13.2. The van der Waals surface area contributed by atoms with Gasteiger partial charge in [-0.3, -0.25) is 14.5 Å². The van der Waals surface area contributed by atoms with Crippen LogP contribution in [0.1, 0.15) is 107 Å². The predicted molar refractivity (Wildman–Crippen MR) is 186 cm³/mol. The van der Waals surface area contributed by atoms with Gasteiger partial charge in [-0.1, -0.05) is 12.1 Å². The summed E-state index contributed by atoms with van der Waals surface area (Å²) >= 11 is 0. The van der Waals surface area contributed by atoms with E-state index in [0.29, 0.717) is 38.8 Å². The van der Waals surface area contributed by atoms with E-state index >= 15 is 0 Å². The second-order valence-corrected chi connectivity index (χ2v) is 15.5. The summed E-state index contributed by atoms with van der Waals surface area (Å²) in [7, 11) is 1.73. The number of nitrogens with zero attached hydrogens (tertiary/aromatic N) is 4. The van der Waals surface area contributed by atoms with Gasteiger partial charge < -0.3 is 24.8 Å². The van der Waals surface area contributed by atoms with Crippen molar-refractivity contribution in [2.75, 3.05) is 20.2 Å². The van der Waals surface area contributed by atoms with Crippen molar-refractivity contribution in [3.63, 3.8) is 0 Å². The van der Waals surface area contributed by atoms with Crippen molar-refractivity contribution in [3.05, 3.63) is 65.7 Å². The number of rotatable bonds is 9. The molecular formula is C39H51N5O5. The van der Waals surface area contributed by atoms with Crippen LogP contribution in [0.5, 0.6) is 5.75 Å². The smallest absolute Gasteiger partial charge is 0.410 e. The summed E-state index contributed by atoms with van der Waals surface area (Å²) in [5.41, 5.74) is 5.76. The van der Waals surface area contributed by atoms with E-state index in [1.807, 2.05) is 23.3 Å². The van der Waals surface area contributed by atoms with Gasteiger partial charge in [0.15, 0.2) is 0 Å². The van der Waals surface area contributed by atoms with Crippen molar-refractivity contribution < 1.29 is 24.2 Å². The number of β-amino-alcohol motifs (C(OH)–C–C–N with tert-alkyl or cyclic N) is 1. The van der Waals surface area contributed by atoms with Crippen LogP contribution in [0, 0.1) is 18.3 Å². The molecular weight excluding hydrogens is 618 g/mol. The minimum atomic E-state index is -0.454. The van der Waals surface area contributed by atoms with Crippen LogP contribution in [0.25, 0.3) is 11.1 Å². The van der Waals surface area contributed by atoms with Gasteiger partial charge in [0.2, 0.25) is 5.91 Å². The number of benzene rings is 1. The van der Waals surface area contributed by atoms with Gasteiger partial charge in [0.05, 0.1) is 38.5 Å². The van der Waals surface area contributed by atoms with E-state index < -0.39 is 6.10 Å². The first kappa shape index (κ1) is 33.6. The number of nitrogens with one attached hydrogen (secondary N) is 1. The topological polar surface area (TPSA) is 119 Å². The third kappa shape index (κ3) is 6.56. The van der Waals surface area contributed by atoms with E-state index in [4.69, 9.17) is 14.5 Å². The number of aromatic nitrogens is 3. The molecule has 2 bridgehead atoms. The Bertz CT molecular complexity index is 1650. The first-order valence-electron chi connectivity index (χ1n) is 18.2. The molecule has 1 unspecified atom stereocenters. The maximum atomic E-state index is 14.1. The number of aliphatic hydroxyl groups is 1. The van der Waals surface area contributed by atoms with Crippen LogP contribution >= 0.6 is 0 Å². The Kier molecular flexibility index (Phi) is 9.19. The fraction of sp³-hybridized carbons (Fsp3) is 0.590. The van der Waals surface area contributed by atoms with Crippen LogP contribution in [0.4, 0.5) is 4.79 Å². The number of fused-ring (bicyclic) bond motifs is 3. The molecule has 262 valence electrons. The summed E-state index contributed by atoms with van der Waals surface area (Å²) in [6.45, 7) is 7.02. The molecule has 2 amide bonds. The van der Waals surface area contributed by atoms with E-state index in [2.05, 4.69) is 61.6 Å². The van der Waals surface area contributed by atoms with Crippen molar-refractivity contribution in [1.82, 2.24) is 25.0 Å². The highest BCUT2D eigenvalue weighted by molar-refractivity contribution is 5.79. The molecule has 0 radical (unpaired) electrons. The molecule has 8 rings (SSSR count). The predicted octanol–water partition coefficient (Wildman–Crippen LogP) is 6.66. The molecule has 0 spiro atoms. The fourth-order valence-electron chi connectivity index (χ4n) is 8.95. The number of carbonyl (C=O) groups excluding carboxylic acids is 2. The van der Waals surface area contributed by atoms with Crippen molar-refractivity contribution in [2.45, 2.75) is 115 Å². The second kappa shape index (κ2) is 13.4. The number of hydrogen-bond donors (Lipinski definition) is 2. The second-order valence-electron chi connectivity index (χ2n) is 15.5. The summed E-state index contributed by atoms with van der Waals surface area (Å²) in [6.07, 6.45) is 15.8. The summed E-state index contributed by atoms with van der Waals surface area (Å²) in [6, 6.07) is 9.01. The standard InChI is InChI=1S/C39H51N5O5/c1-25(2)44-22-30(21-41-44)28-18-29(20-40-19-28)35(42-36(46)27-5-8-33(9-6-27)49-37(47)43-23-32(45)24-43)39-14-11-38(12-15-39,13-16-39)31-7-10-34(48-4)26(3)17-31/h7,10,17-22,25,27,32-33,35,45H,5-6,8-9,11-16,23-24H2,1-4H3,(H,42,46). The van der Waals surface area contributed by atoms with Crippen molar-refractivity contribution in [3.8, 4) is 16.9 Å². The zero-order valence-electron chi connectivity index (χ0n) is 29.4. The van der Waals surface area contributed by atoms with Gasteiger partial charge in [0.25, 0.3) is 0 Å². The van der Waals surface area contributed by atoms with Crippen molar-refractivity contribution in [2.24, 2.45) is 11.3 Å². The molecule has 1 aromatic carbocycles. The molecule has 1 aliphatic heterocycles. The Hall–Kier alpha value is -3.92. The van der Waals surface area contributed by atoms with Gasteiger partial charge in [-0.15, -0.1) is 0 Å². The van der Waals surface area contributed by atoms with Gasteiger partial charge in [-0.05, 0) is 125 Å². The van der Waals surface area contributed by atoms with Crippen LogP contribution < -0.4 is 10.1 Å². The maximum Gasteiger partial charge on any atom is 0.410 e. The van der Waals surface area contributed by atoms with Gasteiger partial charge in [0.1, 0.15) is 11.9 Å². The quantitative estimate of drug-likeness (QED) is 0.262. The van der Waals surface area contributed by atoms with E-state index in [-0.39, 0.29) is 46.9 Å². The number of ether oxygens (including phenoxy) is 2. The lowest BCUT2D eigenvalue weighted by molar-refractivity contribution is -0.129. The number of amides is 2. The summed E-state index contributed by atoms with van der Waals surface area (Å²) in [4.78, 5) is 32.8.